The zero-order valence-electron chi connectivity index (χ0n) is 10.2. The molecular formula is C12H11ClN2O4. The van der Waals surface area contributed by atoms with Crippen molar-refractivity contribution in [3.05, 3.63) is 38.9 Å². The number of benzene rings is 1. The fourth-order valence-electron chi connectivity index (χ4n) is 1.66. The SMILES string of the molecule is CCOC(=O)Cc1ccc(C#N)c(CCl)c1[N+](=O)[O-]. The van der Waals surface area contributed by atoms with Crippen LogP contribution in [0, 0.1) is 21.4 Å². The van der Waals surface area contributed by atoms with Gasteiger partial charge in [0.25, 0.3) is 5.69 Å². The third-order valence-electron chi connectivity index (χ3n) is 2.44. The number of nitriles is 1. The number of nitro groups is 1. The first kappa shape index (κ1) is 14.9. The highest BCUT2D eigenvalue weighted by atomic mass is 35.5. The average molecular weight is 283 g/mol. The van der Waals surface area contributed by atoms with Crippen LogP contribution in [0.25, 0.3) is 0 Å². The van der Waals surface area contributed by atoms with Crippen LogP contribution in [0.4, 0.5) is 5.69 Å². The molecule has 0 aliphatic heterocycles. The molecule has 0 N–H and O–H groups in total. The van der Waals surface area contributed by atoms with E-state index in [1.54, 1.807) is 6.92 Å². The minimum Gasteiger partial charge on any atom is -0.466 e. The Hall–Kier alpha value is -2.13. The highest BCUT2D eigenvalue weighted by molar-refractivity contribution is 6.17. The Bertz CT molecular complexity index is 551. The number of carbonyl (C=O) groups excluding carboxylic acids is 1. The normalized spacial score (nSPS) is 9.74. The van der Waals surface area contributed by atoms with Gasteiger partial charge in [0.2, 0.25) is 0 Å². The van der Waals surface area contributed by atoms with Crippen molar-refractivity contribution in [3.63, 3.8) is 0 Å². The van der Waals surface area contributed by atoms with Gasteiger partial charge in [-0.25, -0.2) is 0 Å². The average Bonchev–Trinajstić information content (AvgIpc) is 2.37. The molecule has 0 bridgehead atoms. The minimum atomic E-state index is -0.632. The molecule has 1 rings (SSSR count). The van der Waals surface area contributed by atoms with E-state index < -0.39 is 10.9 Å². The van der Waals surface area contributed by atoms with Gasteiger partial charge in [0.1, 0.15) is 0 Å². The summed E-state index contributed by atoms with van der Waals surface area (Å²) < 4.78 is 4.75. The number of nitro benzene ring substituents is 1. The highest BCUT2D eigenvalue weighted by Gasteiger charge is 2.24. The molecule has 0 aromatic heterocycles. The van der Waals surface area contributed by atoms with Crippen LogP contribution in [0.5, 0.6) is 0 Å². The van der Waals surface area contributed by atoms with Gasteiger partial charge in [0.15, 0.2) is 0 Å². The van der Waals surface area contributed by atoms with Crippen molar-refractivity contribution >= 4 is 23.3 Å². The van der Waals surface area contributed by atoms with Crippen LogP contribution in [-0.2, 0) is 21.8 Å². The number of carbonyl (C=O) groups is 1. The molecular weight excluding hydrogens is 272 g/mol. The van der Waals surface area contributed by atoms with Gasteiger partial charge in [-0.2, -0.15) is 5.26 Å². The Labute approximate surface area is 114 Å². The minimum absolute atomic E-state index is 0.121. The maximum Gasteiger partial charge on any atom is 0.310 e. The second-order valence-corrected chi connectivity index (χ2v) is 3.85. The van der Waals surface area contributed by atoms with Crippen LogP contribution in [0.3, 0.4) is 0 Å². The van der Waals surface area contributed by atoms with Crippen LogP contribution in [0.2, 0.25) is 0 Å². The molecule has 0 atom stereocenters. The molecule has 0 unspecified atom stereocenters. The maximum atomic E-state index is 11.4. The number of ether oxygens (including phenoxy) is 1. The summed E-state index contributed by atoms with van der Waals surface area (Å²) in [7, 11) is 0. The van der Waals surface area contributed by atoms with Crippen LogP contribution in [0.15, 0.2) is 12.1 Å². The largest absolute Gasteiger partial charge is 0.466 e. The zero-order valence-corrected chi connectivity index (χ0v) is 10.9. The molecule has 0 aliphatic carbocycles. The molecule has 0 saturated carbocycles. The summed E-state index contributed by atoms with van der Waals surface area (Å²) in [5, 5.41) is 20.0. The van der Waals surface area contributed by atoms with Gasteiger partial charge in [-0.15, -0.1) is 11.6 Å². The first-order valence-corrected chi connectivity index (χ1v) is 5.99. The summed E-state index contributed by atoms with van der Waals surface area (Å²) in [6, 6.07) is 4.64. The lowest BCUT2D eigenvalue weighted by molar-refractivity contribution is -0.386. The predicted molar refractivity (Wildman–Crippen MR) is 67.7 cm³/mol. The van der Waals surface area contributed by atoms with Gasteiger partial charge >= 0.3 is 5.97 Å². The maximum absolute atomic E-state index is 11.4. The number of nitrogens with zero attached hydrogens (tertiary/aromatic N) is 2. The molecule has 0 saturated heterocycles. The summed E-state index contributed by atoms with van der Waals surface area (Å²) in [5.74, 6) is -0.730. The molecule has 19 heavy (non-hydrogen) atoms. The van der Waals surface area contributed by atoms with Crippen LogP contribution >= 0.6 is 11.6 Å². The summed E-state index contributed by atoms with van der Waals surface area (Å²) in [5.41, 5.74) is 0.158. The van der Waals surface area contributed by atoms with E-state index >= 15 is 0 Å². The predicted octanol–water partition coefficient (Wildman–Crippen LogP) is 2.31. The fourth-order valence-corrected chi connectivity index (χ4v) is 1.93. The van der Waals surface area contributed by atoms with E-state index in [0.29, 0.717) is 0 Å². The van der Waals surface area contributed by atoms with Gasteiger partial charge in [-0.3, -0.25) is 14.9 Å². The number of esters is 1. The van der Waals surface area contributed by atoms with Crippen molar-refractivity contribution in [1.82, 2.24) is 0 Å². The lowest BCUT2D eigenvalue weighted by Gasteiger charge is -2.07. The second kappa shape index (κ2) is 6.71. The smallest absolute Gasteiger partial charge is 0.310 e. The zero-order chi connectivity index (χ0) is 14.4. The number of rotatable bonds is 5. The Morgan fingerprint density at radius 3 is 2.74 bits per heavy atom. The Kier molecular flexibility index (Phi) is 5.27. The molecule has 1 aromatic carbocycles. The highest BCUT2D eigenvalue weighted by Crippen LogP contribution is 2.29. The van der Waals surface area contributed by atoms with E-state index in [-0.39, 0.29) is 41.3 Å². The quantitative estimate of drug-likeness (QED) is 0.357. The molecule has 0 radical (unpaired) electrons. The molecule has 100 valence electrons. The molecule has 0 heterocycles. The van der Waals surface area contributed by atoms with Gasteiger partial charge in [0.05, 0.1) is 41.0 Å². The van der Waals surface area contributed by atoms with Crippen molar-refractivity contribution in [2.75, 3.05) is 6.61 Å². The number of halogens is 1. The van der Waals surface area contributed by atoms with Gasteiger partial charge in [-0.1, -0.05) is 6.07 Å². The lowest BCUT2D eigenvalue weighted by Crippen LogP contribution is -2.10. The first-order chi connectivity index (χ1) is 9.04. The van der Waals surface area contributed by atoms with E-state index in [2.05, 4.69) is 0 Å². The standard InChI is InChI=1S/C12H11ClN2O4/c1-2-19-11(16)5-8-3-4-9(7-14)10(6-13)12(8)15(17)18/h3-4H,2,5-6H2,1H3. The number of alkyl halides is 1. The van der Waals surface area contributed by atoms with Crippen molar-refractivity contribution < 1.29 is 14.5 Å². The summed E-state index contributed by atoms with van der Waals surface area (Å²) in [4.78, 5) is 21.9. The Balaban J connectivity index is 3.29. The van der Waals surface area contributed by atoms with Gasteiger partial charge in [0, 0.05) is 5.56 Å². The summed E-state index contributed by atoms with van der Waals surface area (Å²) in [6.07, 6.45) is -0.222. The topological polar surface area (TPSA) is 93.2 Å². The van der Waals surface area contributed by atoms with Crippen molar-refractivity contribution in [2.45, 2.75) is 19.2 Å². The molecule has 7 heteroatoms. The molecule has 0 amide bonds. The van der Waals surface area contributed by atoms with E-state index in [9.17, 15) is 14.9 Å². The van der Waals surface area contributed by atoms with Gasteiger partial charge < -0.3 is 4.74 Å². The molecule has 1 aromatic rings. The fraction of sp³-hybridized carbons (Fsp3) is 0.333. The molecule has 6 nitrogen and oxygen atoms in total. The van der Waals surface area contributed by atoms with Crippen LogP contribution in [-0.4, -0.2) is 17.5 Å². The molecule has 0 fully saturated rings. The van der Waals surface area contributed by atoms with E-state index in [0.717, 1.165) is 0 Å². The van der Waals surface area contributed by atoms with E-state index in [1.807, 2.05) is 6.07 Å². The van der Waals surface area contributed by atoms with E-state index in [1.165, 1.54) is 12.1 Å². The van der Waals surface area contributed by atoms with Crippen molar-refractivity contribution in [2.24, 2.45) is 0 Å². The second-order valence-electron chi connectivity index (χ2n) is 3.58. The summed E-state index contributed by atoms with van der Waals surface area (Å²) in [6.45, 7) is 1.85. The van der Waals surface area contributed by atoms with Crippen LogP contribution < -0.4 is 0 Å². The monoisotopic (exact) mass is 282 g/mol. The van der Waals surface area contributed by atoms with E-state index in [4.69, 9.17) is 21.6 Å². The summed E-state index contributed by atoms with van der Waals surface area (Å²) >= 11 is 5.66. The Morgan fingerprint density at radius 1 is 1.58 bits per heavy atom. The van der Waals surface area contributed by atoms with Crippen LogP contribution in [0.1, 0.15) is 23.6 Å². The lowest BCUT2D eigenvalue weighted by atomic mass is 10.0. The number of hydrogen-bond donors (Lipinski definition) is 0. The van der Waals surface area contributed by atoms with Crippen molar-refractivity contribution in [1.29, 1.82) is 5.26 Å². The first-order valence-electron chi connectivity index (χ1n) is 5.45. The van der Waals surface area contributed by atoms with Crippen molar-refractivity contribution in [3.8, 4) is 6.07 Å². The van der Waals surface area contributed by atoms with Gasteiger partial charge in [-0.05, 0) is 13.0 Å². The number of hydrogen-bond acceptors (Lipinski definition) is 5. The molecule has 0 spiro atoms. The Morgan fingerprint density at radius 2 is 2.26 bits per heavy atom. The third-order valence-corrected chi connectivity index (χ3v) is 2.71. The molecule has 0 aliphatic rings. The third kappa shape index (κ3) is 3.42.